The largest absolute Gasteiger partial charge is 0.494 e. The van der Waals surface area contributed by atoms with Gasteiger partial charge in [-0.05, 0) is 67.1 Å². The third kappa shape index (κ3) is 11.2. The van der Waals surface area contributed by atoms with Crippen LogP contribution in [0.1, 0.15) is 126 Å². The SMILES string of the molecule is CCCCCCCCCCCCOc1ccc(C(=O)Oc2ccc(CCC3CCCCC3)cc2)cc1. The number of carbonyl (C=O) groups excluding carboxylic acids is 1. The van der Waals surface area contributed by atoms with Gasteiger partial charge in [0.25, 0.3) is 0 Å². The standard InChI is InChI=1S/C33H48O3/c1-2-3-4-5-6-7-8-9-10-14-27-35-31-25-21-30(22-26-31)33(34)36-32-23-19-29(20-24-32)18-17-28-15-12-11-13-16-28/h19-26,28H,2-18,27H2,1H3. The highest BCUT2D eigenvalue weighted by atomic mass is 16.5. The molecule has 3 heteroatoms. The highest BCUT2D eigenvalue weighted by Crippen LogP contribution is 2.28. The molecule has 2 aromatic rings. The maximum atomic E-state index is 12.5. The van der Waals surface area contributed by atoms with Crippen LogP contribution in [0, 0.1) is 5.92 Å². The first-order chi connectivity index (χ1) is 17.7. The maximum Gasteiger partial charge on any atom is 0.343 e. The molecule has 2 aromatic carbocycles. The summed E-state index contributed by atoms with van der Waals surface area (Å²) < 4.78 is 11.4. The summed E-state index contributed by atoms with van der Waals surface area (Å²) in [7, 11) is 0. The minimum absolute atomic E-state index is 0.328. The van der Waals surface area contributed by atoms with Gasteiger partial charge in [-0.1, -0.05) is 109 Å². The van der Waals surface area contributed by atoms with Gasteiger partial charge in [-0.15, -0.1) is 0 Å². The topological polar surface area (TPSA) is 35.5 Å². The van der Waals surface area contributed by atoms with E-state index in [9.17, 15) is 4.79 Å². The fraction of sp³-hybridized carbons (Fsp3) is 0.606. The summed E-state index contributed by atoms with van der Waals surface area (Å²) in [6.07, 6.45) is 22.5. The first kappa shape index (κ1) is 28.3. The third-order valence-corrected chi connectivity index (χ3v) is 7.56. The van der Waals surface area contributed by atoms with Crippen LogP contribution in [0.2, 0.25) is 0 Å². The number of aryl methyl sites for hydroxylation is 1. The quantitative estimate of drug-likeness (QED) is 0.125. The molecule has 3 nitrogen and oxygen atoms in total. The van der Waals surface area contributed by atoms with Crippen molar-refractivity contribution in [1.82, 2.24) is 0 Å². The van der Waals surface area contributed by atoms with Crippen molar-refractivity contribution in [3.05, 3.63) is 59.7 Å². The van der Waals surface area contributed by atoms with Crippen LogP contribution in [0.5, 0.6) is 11.5 Å². The molecule has 0 radical (unpaired) electrons. The number of unbranched alkanes of at least 4 members (excludes halogenated alkanes) is 9. The normalized spacial score (nSPS) is 14.0. The van der Waals surface area contributed by atoms with Crippen molar-refractivity contribution >= 4 is 5.97 Å². The zero-order valence-electron chi connectivity index (χ0n) is 22.6. The van der Waals surface area contributed by atoms with Gasteiger partial charge in [0.05, 0.1) is 12.2 Å². The van der Waals surface area contributed by atoms with Crippen molar-refractivity contribution in [1.29, 1.82) is 0 Å². The van der Waals surface area contributed by atoms with Gasteiger partial charge < -0.3 is 9.47 Å². The highest BCUT2D eigenvalue weighted by molar-refractivity contribution is 5.91. The number of esters is 1. The summed E-state index contributed by atoms with van der Waals surface area (Å²) in [5.74, 6) is 1.97. The van der Waals surface area contributed by atoms with Crippen LogP contribution in [0.15, 0.2) is 48.5 Å². The maximum absolute atomic E-state index is 12.5. The number of carbonyl (C=O) groups is 1. The summed E-state index contributed by atoms with van der Waals surface area (Å²) in [6.45, 7) is 3.00. The van der Waals surface area contributed by atoms with E-state index in [1.54, 1.807) is 12.1 Å². The van der Waals surface area contributed by atoms with E-state index in [2.05, 4.69) is 19.1 Å². The molecule has 1 saturated carbocycles. The Labute approximate surface area is 220 Å². The molecule has 1 fully saturated rings. The minimum Gasteiger partial charge on any atom is -0.494 e. The van der Waals surface area contributed by atoms with Gasteiger partial charge in [0.1, 0.15) is 11.5 Å². The summed E-state index contributed by atoms with van der Waals surface area (Å²) >= 11 is 0. The molecule has 3 rings (SSSR count). The summed E-state index contributed by atoms with van der Waals surface area (Å²) in [5.41, 5.74) is 1.87. The molecule has 1 aliphatic rings. The van der Waals surface area contributed by atoms with Crippen LogP contribution < -0.4 is 9.47 Å². The lowest BCUT2D eigenvalue weighted by Gasteiger charge is -2.21. The van der Waals surface area contributed by atoms with E-state index in [4.69, 9.17) is 9.47 Å². The number of benzene rings is 2. The van der Waals surface area contributed by atoms with Crippen LogP contribution in [-0.2, 0) is 6.42 Å². The molecule has 0 unspecified atom stereocenters. The second-order valence-corrected chi connectivity index (χ2v) is 10.6. The van der Waals surface area contributed by atoms with Gasteiger partial charge in [-0.3, -0.25) is 0 Å². The van der Waals surface area contributed by atoms with E-state index in [0.29, 0.717) is 11.3 Å². The lowest BCUT2D eigenvalue weighted by Crippen LogP contribution is -2.09. The van der Waals surface area contributed by atoms with Crippen molar-refractivity contribution in [2.24, 2.45) is 5.92 Å². The molecular weight excluding hydrogens is 444 g/mol. The van der Waals surface area contributed by atoms with Crippen LogP contribution in [0.4, 0.5) is 0 Å². The molecule has 36 heavy (non-hydrogen) atoms. The number of ether oxygens (including phenoxy) is 2. The Kier molecular flexibility index (Phi) is 13.5. The number of rotatable bonds is 17. The molecule has 0 spiro atoms. The van der Waals surface area contributed by atoms with E-state index < -0.39 is 0 Å². The third-order valence-electron chi connectivity index (χ3n) is 7.56. The van der Waals surface area contributed by atoms with Crippen LogP contribution in [0.3, 0.4) is 0 Å². The van der Waals surface area contributed by atoms with Crippen molar-refractivity contribution < 1.29 is 14.3 Å². The van der Waals surface area contributed by atoms with E-state index in [-0.39, 0.29) is 5.97 Å². The number of hydrogen-bond acceptors (Lipinski definition) is 3. The zero-order valence-corrected chi connectivity index (χ0v) is 22.6. The smallest absolute Gasteiger partial charge is 0.343 e. The van der Waals surface area contributed by atoms with Gasteiger partial charge in [0, 0.05) is 0 Å². The Morgan fingerprint density at radius 3 is 1.94 bits per heavy atom. The van der Waals surface area contributed by atoms with E-state index in [1.807, 2.05) is 24.3 Å². The first-order valence-electron chi connectivity index (χ1n) is 14.8. The highest BCUT2D eigenvalue weighted by Gasteiger charge is 2.13. The van der Waals surface area contributed by atoms with Crippen molar-refractivity contribution in [2.45, 2.75) is 116 Å². The molecule has 0 aromatic heterocycles. The lowest BCUT2D eigenvalue weighted by atomic mass is 9.85. The van der Waals surface area contributed by atoms with Crippen LogP contribution in [-0.4, -0.2) is 12.6 Å². The van der Waals surface area contributed by atoms with Gasteiger partial charge in [0.15, 0.2) is 0 Å². The molecule has 0 saturated heterocycles. The van der Waals surface area contributed by atoms with Crippen molar-refractivity contribution in [3.63, 3.8) is 0 Å². The van der Waals surface area contributed by atoms with Gasteiger partial charge in [-0.25, -0.2) is 4.79 Å². The molecular formula is C33H48O3. The number of hydrogen-bond donors (Lipinski definition) is 0. The Morgan fingerprint density at radius 2 is 1.31 bits per heavy atom. The average Bonchev–Trinajstić information content (AvgIpc) is 2.92. The fourth-order valence-corrected chi connectivity index (χ4v) is 5.20. The van der Waals surface area contributed by atoms with Crippen molar-refractivity contribution in [2.75, 3.05) is 6.61 Å². The first-order valence-corrected chi connectivity index (χ1v) is 14.8. The van der Waals surface area contributed by atoms with E-state index in [0.717, 1.165) is 31.1 Å². The Bertz CT molecular complexity index is 834. The van der Waals surface area contributed by atoms with Crippen LogP contribution >= 0.6 is 0 Å². The van der Waals surface area contributed by atoms with E-state index >= 15 is 0 Å². The Morgan fingerprint density at radius 1 is 0.722 bits per heavy atom. The molecule has 198 valence electrons. The lowest BCUT2D eigenvalue weighted by molar-refractivity contribution is 0.0734. The summed E-state index contributed by atoms with van der Waals surface area (Å²) in [6, 6.07) is 15.3. The second kappa shape index (κ2) is 17.2. The average molecular weight is 493 g/mol. The molecule has 0 heterocycles. The van der Waals surface area contributed by atoms with E-state index in [1.165, 1.54) is 102 Å². The van der Waals surface area contributed by atoms with Gasteiger partial charge >= 0.3 is 5.97 Å². The fourth-order valence-electron chi connectivity index (χ4n) is 5.20. The Balaban J connectivity index is 1.27. The summed E-state index contributed by atoms with van der Waals surface area (Å²) in [4.78, 5) is 12.5. The molecule has 0 N–H and O–H groups in total. The Hall–Kier alpha value is -2.29. The van der Waals surface area contributed by atoms with Gasteiger partial charge in [-0.2, -0.15) is 0 Å². The predicted octanol–water partition coefficient (Wildman–Crippen LogP) is 9.72. The van der Waals surface area contributed by atoms with Crippen LogP contribution in [0.25, 0.3) is 0 Å². The molecule has 1 aliphatic carbocycles. The predicted molar refractivity (Wildman–Crippen MR) is 150 cm³/mol. The minimum atomic E-state index is -0.328. The molecule has 0 aliphatic heterocycles. The summed E-state index contributed by atoms with van der Waals surface area (Å²) in [5, 5.41) is 0. The molecule has 0 amide bonds. The van der Waals surface area contributed by atoms with Crippen molar-refractivity contribution in [3.8, 4) is 11.5 Å². The molecule has 0 atom stereocenters. The van der Waals surface area contributed by atoms with Gasteiger partial charge in [0.2, 0.25) is 0 Å². The second-order valence-electron chi connectivity index (χ2n) is 10.6. The zero-order chi connectivity index (χ0) is 25.3. The monoisotopic (exact) mass is 492 g/mol. The molecule has 0 bridgehead atoms.